The summed E-state index contributed by atoms with van der Waals surface area (Å²) in [6, 6.07) is 10.2. The third-order valence-electron chi connectivity index (χ3n) is 6.01. The second kappa shape index (κ2) is 12.8. The Kier molecular flexibility index (Phi) is 9.71. The van der Waals surface area contributed by atoms with Crippen molar-refractivity contribution in [1.82, 2.24) is 5.32 Å². The van der Waals surface area contributed by atoms with Crippen LogP contribution in [0.2, 0.25) is 10.0 Å². The average molecular weight is 579 g/mol. The van der Waals surface area contributed by atoms with E-state index in [1.54, 1.807) is 43.3 Å². The SMILES string of the molecule is COc1cc(Cl)ccc1C(c1ccc(Cl)cc1OC)[C@H](C)OC(=O)[C@H](C)NC(=O)c1c(O)c(OC)cc[n+]1[O-]. The van der Waals surface area contributed by atoms with Gasteiger partial charge in [-0.3, -0.25) is 4.79 Å². The Hall–Kier alpha value is -3.89. The molecule has 1 heterocycles. The van der Waals surface area contributed by atoms with Gasteiger partial charge in [0.1, 0.15) is 23.6 Å². The van der Waals surface area contributed by atoms with Gasteiger partial charge >= 0.3 is 17.6 Å². The molecule has 0 radical (unpaired) electrons. The average Bonchev–Trinajstić information content (AvgIpc) is 2.90. The highest BCUT2D eigenvalue weighted by atomic mass is 35.5. The van der Waals surface area contributed by atoms with Gasteiger partial charge in [-0.05, 0) is 38.1 Å². The van der Waals surface area contributed by atoms with Gasteiger partial charge in [-0.2, -0.15) is 4.73 Å². The minimum atomic E-state index is -1.19. The molecular weight excluding hydrogens is 551 g/mol. The summed E-state index contributed by atoms with van der Waals surface area (Å²) >= 11 is 12.3. The van der Waals surface area contributed by atoms with Gasteiger partial charge in [0.25, 0.3) is 0 Å². The lowest BCUT2D eigenvalue weighted by molar-refractivity contribution is -0.608. The van der Waals surface area contributed by atoms with Crippen LogP contribution in [0.15, 0.2) is 48.7 Å². The van der Waals surface area contributed by atoms with Crippen LogP contribution in [0.3, 0.4) is 0 Å². The van der Waals surface area contributed by atoms with Gasteiger partial charge in [0.2, 0.25) is 5.75 Å². The molecule has 0 saturated heterocycles. The maximum absolute atomic E-state index is 13.1. The molecule has 0 unspecified atom stereocenters. The Bertz CT molecular complexity index is 1310. The molecule has 0 saturated carbocycles. The third-order valence-corrected chi connectivity index (χ3v) is 6.48. The van der Waals surface area contributed by atoms with Crippen LogP contribution in [-0.4, -0.2) is 50.5 Å². The monoisotopic (exact) mass is 578 g/mol. The van der Waals surface area contributed by atoms with Crippen LogP contribution < -0.4 is 24.3 Å². The summed E-state index contributed by atoms with van der Waals surface area (Å²) in [5.41, 5.74) is 0.693. The third kappa shape index (κ3) is 6.58. The highest BCUT2D eigenvalue weighted by Crippen LogP contribution is 2.41. The standard InChI is InChI=1S/C27H28Cl2N2O8/c1-14(30-26(33)24-25(32)20(36-3)10-11-31(24)35)27(34)39-15(2)23(18-8-6-16(28)12-21(18)37-4)19-9-7-17(29)13-22(19)38-5/h6-15,23,32H,1-5H3,(H,30,33)/t14-,15-/m0/s1. The molecule has 0 aliphatic carbocycles. The Labute approximate surface area is 235 Å². The van der Waals surface area contributed by atoms with E-state index in [0.717, 1.165) is 6.20 Å². The molecule has 0 aliphatic rings. The van der Waals surface area contributed by atoms with Gasteiger partial charge in [0.15, 0.2) is 11.9 Å². The van der Waals surface area contributed by atoms with Crippen molar-refractivity contribution in [3.05, 3.63) is 80.7 Å². The van der Waals surface area contributed by atoms with Gasteiger partial charge in [-0.15, -0.1) is 0 Å². The molecule has 0 fully saturated rings. The van der Waals surface area contributed by atoms with Crippen LogP contribution in [0.4, 0.5) is 0 Å². The number of hydrogen-bond acceptors (Lipinski definition) is 8. The summed E-state index contributed by atoms with van der Waals surface area (Å²) in [7, 11) is 4.26. The number of pyridine rings is 1. The number of hydrogen-bond donors (Lipinski definition) is 2. The number of carbonyl (C=O) groups is 2. The first-order valence-electron chi connectivity index (χ1n) is 11.7. The van der Waals surface area contributed by atoms with Crippen molar-refractivity contribution in [2.45, 2.75) is 31.9 Å². The van der Waals surface area contributed by atoms with Crippen molar-refractivity contribution in [2.24, 2.45) is 0 Å². The Morgan fingerprint density at radius 2 is 1.41 bits per heavy atom. The van der Waals surface area contributed by atoms with E-state index in [4.69, 9.17) is 42.1 Å². The van der Waals surface area contributed by atoms with E-state index < -0.39 is 41.4 Å². The number of esters is 1. The van der Waals surface area contributed by atoms with Gasteiger partial charge in [0.05, 0.1) is 27.2 Å². The van der Waals surface area contributed by atoms with Crippen LogP contribution >= 0.6 is 23.2 Å². The summed E-state index contributed by atoms with van der Waals surface area (Å²) in [6.07, 6.45) is 0.193. The smallest absolute Gasteiger partial charge is 0.328 e. The van der Waals surface area contributed by atoms with Crippen LogP contribution in [0.1, 0.15) is 41.4 Å². The molecule has 10 nitrogen and oxygen atoms in total. The molecule has 39 heavy (non-hydrogen) atoms. The number of methoxy groups -OCH3 is 3. The summed E-state index contributed by atoms with van der Waals surface area (Å²) in [4.78, 5) is 25.8. The number of aromatic hydroxyl groups is 1. The Balaban J connectivity index is 1.91. The van der Waals surface area contributed by atoms with E-state index in [2.05, 4.69) is 5.32 Å². The molecule has 3 aromatic rings. The zero-order chi connectivity index (χ0) is 28.9. The lowest BCUT2D eigenvalue weighted by atomic mass is 9.86. The van der Waals surface area contributed by atoms with Crippen molar-refractivity contribution < 1.29 is 38.4 Å². The number of ether oxygens (including phenoxy) is 4. The summed E-state index contributed by atoms with van der Waals surface area (Å²) in [5.74, 6) is -2.19. The van der Waals surface area contributed by atoms with Gasteiger partial charge < -0.3 is 34.6 Å². The molecule has 12 heteroatoms. The molecule has 1 amide bonds. The lowest BCUT2D eigenvalue weighted by Gasteiger charge is -2.28. The summed E-state index contributed by atoms with van der Waals surface area (Å²) in [5, 5.41) is 25.7. The van der Waals surface area contributed by atoms with Crippen LogP contribution in [-0.2, 0) is 9.53 Å². The van der Waals surface area contributed by atoms with Crippen molar-refractivity contribution >= 4 is 35.1 Å². The zero-order valence-corrected chi connectivity index (χ0v) is 23.4. The number of halogens is 2. The quantitative estimate of drug-likeness (QED) is 0.207. The Morgan fingerprint density at radius 3 is 1.90 bits per heavy atom. The van der Waals surface area contributed by atoms with Crippen LogP contribution in [0, 0.1) is 5.21 Å². The maximum atomic E-state index is 13.1. The fourth-order valence-corrected chi connectivity index (χ4v) is 4.44. The van der Waals surface area contributed by atoms with Crippen molar-refractivity contribution in [3.8, 4) is 23.0 Å². The van der Waals surface area contributed by atoms with Crippen LogP contribution in [0.25, 0.3) is 0 Å². The van der Waals surface area contributed by atoms with E-state index in [1.165, 1.54) is 34.3 Å². The number of carbonyl (C=O) groups excluding carboxylic acids is 2. The number of nitrogens with one attached hydrogen (secondary N) is 1. The molecule has 3 rings (SSSR count). The van der Waals surface area contributed by atoms with E-state index in [0.29, 0.717) is 32.7 Å². The normalized spacial score (nSPS) is 12.4. The second-order valence-electron chi connectivity index (χ2n) is 8.49. The van der Waals surface area contributed by atoms with Crippen molar-refractivity contribution in [1.29, 1.82) is 0 Å². The number of rotatable bonds is 10. The van der Waals surface area contributed by atoms with E-state index in [1.807, 2.05) is 0 Å². The van der Waals surface area contributed by atoms with Gasteiger partial charge in [-0.1, -0.05) is 35.3 Å². The Morgan fingerprint density at radius 1 is 0.897 bits per heavy atom. The highest BCUT2D eigenvalue weighted by molar-refractivity contribution is 6.31. The predicted molar refractivity (Wildman–Crippen MR) is 144 cm³/mol. The van der Waals surface area contributed by atoms with Crippen LogP contribution in [0.5, 0.6) is 23.0 Å². The van der Waals surface area contributed by atoms with E-state index in [-0.39, 0.29) is 10.5 Å². The van der Waals surface area contributed by atoms with Gasteiger partial charge in [-0.25, -0.2) is 4.79 Å². The molecule has 2 atom stereocenters. The van der Waals surface area contributed by atoms with Gasteiger partial charge in [0, 0.05) is 27.2 Å². The second-order valence-corrected chi connectivity index (χ2v) is 9.37. The van der Waals surface area contributed by atoms with Crippen molar-refractivity contribution in [2.75, 3.05) is 21.3 Å². The summed E-state index contributed by atoms with van der Waals surface area (Å²) < 4.78 is 22.0. The fraction of sp³-hybridized carbons (Fsp3) is 0.296. The minimum absolute atomic E-state index is 0.0761. The molecule has 2 N–H and O–H groups in total. The predicted octanol–water partition coefficient (Wildman–Crippen LogP) is 4.24. The first kappa shape index (κ1) is 29.7. The number of nitrogens with zero attached hydrogens (tertiary/aromatic N) is 1. The first-order chi connectivity index (χ1) is 18.5. The minimum Gasteiger partial charge on any atom is -0.618 e. The molecule has 0 bridgehead atoms. The largest absolute Gasteiger partial charge is 0.618 e. The first-order valence-corrected chi connectivity index (χ1v) is 12.4. The lowest BCUT2D eigenvalue weighted by Crippen LogP contribution is -2.46. The number of amides is 1. The molecule has 0 spiro atoms. The fourth-order valence-electron chi connectivity index (χ4n) is 4.12. The molecule has 2 aromatic carbocycles. The van der Waals surface area contributed by atoms with E-state index in [9.17, 15) is 19.9 Å². The molecule has 0 aliphatic heterocycles. The molecular formula is C27H28Cl2N2O8. The number of aromatic nitrogens is 1. The van der Waals surface area contributed by atoms with E-state index >= 15 is 0 Å². The zero-order valence-electron chi connectivity index (χ0n) is 21.9. The summed E-state index contributed by atoms with van der Waals surface area (Å²) in [6.45, 7) is 3.07. The number of benzene rings is 2. The molecule has 1 aromatic heterocycles. The maximum Gasteiger partial charge on any atom is 0.328 e. The van der Waals surface area contributed by atoms with Crippen molar-refractivity contribution in [3.63, 3.8) is 0 Å². The highest BCUT2D eigenvalue weighted by Gasteiger charge is 2.33. The molecule has 208 valence electrons. The topological polar surface area (TPSA) is 130 Å².